The van der Waals surface area contributed by atoms with E-state index in [4.69, 9.17) is 5.73 Å². The number of anilines is 1. The maximum absolute atomic E-state index is 12.4. The molecule has 0 saturated carbocycles. The van der Waals surface area contributed by atoms with E-state index in [1.54, 1.807) is 17.0 Å². The summed E-state index contributed by atoms with van der Waals surface area (Å²) in [6.07, 6.45) is 1.47. The van der Waals surface area contributed by atoms with Crippen LogP contribution in [0.15, 0.2) is 29.2 Å². The van der Waals surface area contributed by atoms with Crippen molar-refractivity contribution in [3.8, 4) is 0 Å². The second-order valence-corrected chi connectivity index (χ2v) is 7.77. The summed E-state index contributed by atoms with van der Waals surface area (Å²) < 4.78 is 26.6. The van der Waals surface area contributed by atoms with Crippen molar-refractivity contribution in [2.24, 2.45) is 11.7 Å². The number of benzene rings is 1. The Hall–Kier alpha value is -1.97. The minimum Gasteiger partial charge on any atom is -0.342 e. The molecule has 1 heterocycles. The summed E-state index contributed by atoms with van der Waals surface area (Å²) in [6.45, 7) is 2.88. The first-order chi connectivity index (χ1) is 11.8. The van der Waals surface area contributed by atoms with Crippen molar-refractivity contribution in [1.82, 2.24) is 9.62 Å². The van der Waals surface area contributed by atoms with Crippen LogP contribution in [0.1, 0.15) is 19.8 Å². The fraction of sp³-hybridized carbons (Fsp3) is 0.500. The first kappa shape index (κ1) is 19.4. The van der Waals surface area contributed by atoms with E-state index in [0.29, 0.717) is 25.2 Å². The number of nitrogens with zero attached hydrogens (tertiary/aromatic N) is 1. The normalized spacial score (nSPS) is 18.0. The molecule has 4 N–H and O–H groups in total. The molecule has 1 unspecified atom stereocenters. The van der Waals surface area contributed by atoms with Gasteiger partial charge in [0.25, 0.3) is 0 Å². The fourth-order valence-electron chi connectivity index (χ4n) is 2.74. The van der Waals surface area contributed by atoms with Crippen LogP contribution in [-0.4, -0.2) is 51.3 Å². The van der Waals surface area contributed by atoms with E-state index in [1.807, 2.05) is 0 Å². The second-order valence-electron chi connectivity index (χ2n) is 6.01. The Labute approximate surface area is 147 Å². The van der Waals surface area contributed by atoms with Gasteiger partial charge in [-0.15, -0.1) is 0 Å². The van der Waals surface area contributed by atoms with Crippen LogP contribution in [0.2, 0.25) is 0 Å². The summed E-state index contributed by atoms with van der Waals surface area (Å²) in [5.41, 5.74) is 5.72. The number of rotatable bonds is 6. The van der Waals surface area contributed by atoms with Crippen LogP contribution in [0.25, 0.3) is 0 Å². The fourth-order valence-corrected chi connectivity index (χ4v) is 3.83. The van der Waals surface area contributed by atoms with Gasteiger partial charge in [0.15, 0.2) is 0 Å². The van der Waals surface area contributed by atoms with Gasteiger partial charge >= 0.3 is 0 Å². The zero-order chi connectivity index (χ0) is 18.4. The van der Waals surface area contributed by atoms with Crippen LogP contribution < -0.4 is 15.8 Å². The molecule has 1 aromatic rings. The standard InChI is InChI=1S/C16H24N4O4S/c1-12(21)20-9-3-4-13(11-20)16(22)19-14-5-2-6-15(10-14)25(23,24)18-8-7-17/h2,5-6,10,13,18H,3-4,7-9,11,17H2,1H3,(H,19,22). The van der Waals surface area contributed by atoms with Crippen LogP contribution >= 0.6 is 0 Å². The van der Waals surface area contributed by atoms with Crippen molar-refractivity contribution in [1.29, 1.82) is 0 Å². The molecule has 9 heteroatoms. The van der Waals surface area contributed by atoms with E-state index in [0.717, 1.165) is 6.42 Å². The largest absolute Gasteiger partial charge is 0.342 e. The van der Waals surface area contributed by atoms with E-state index in [1.165, 1.54) is 19.1 Å². The van der Waals surface area contributed by atoms with Crippen LogP contribution in [0.3, 0.4) is 0 Å². The van der Waals surface area contributed by atoms with Gasteiger partial charge in [0, 0.05) is 38.8 Å². The lowest BCUT2D eigenvalue weighted by Crippen LogP contribution is -2.42. The van der Waals surface area contributed by atoms with Gasteiger partial charge in [-0.3, -0.25) is 9.59 Å². The third kappa shape index (κ3) is 5.25. The maximum atomic E-state index is 12.4. The predicted molar refractivity (Wildman–Crippen MR) is 94.3 cm³/mol. The zero-order valence-electron chi connectivity index (χ0n) is 14.2. The Bertz CT molecular complexity index is 735. The van der Waals surface area contributed by atoms with Crippen LogP contribution in [0, 0.1) is 5.92 Å². The summed E-state index contributed by atoms with van der Waals surface area (Å²) in [4.78, 5) is 25.6. The molecule has 138 valence electrons. The molecule has 1 aromatic carbocycles. The lowest BCUT2D eigenvalue weighted by atomic mass is 9.97. The third-order valence-corrected chi connectivity index (χ3v) is 5.54. The average molecular weight is 368 g/mol. The van der Waals surface area contributed by atoms with Gasteiger partial charge in [-0.1, -0.05) is 6.07 Å². The molecule has 1 saturated heterocycles. The van der Waals surface area contributed by atoms with Gasteiger partial charge in [0.05, 0.1) is 10.8 Å². The Balaban J connectivity index is 2.06. The first-order valence-electron chi connectivity index (χ1n) is 8.19. The molecule has 1 aliphatic rings. The molecule has 0 aliphatic carbocycles. The number of hydrogen-bond acceptors (Lipinski definition) is 5. The smallest absolute Gasteiger partial charge is 0.240 e. The summed E-state index contributed by atoms with van der Waals surface area (Å²) >= 11 is 0. The van der Waals surface area contributed by atoms with Gasteiger partial charge in [-0.2, -0.15) is 0 Å². The Morgan fingerprint density at radius 3 is 2.80 bits per heavy atom. The highest BCUT2D eigenvalue weighted by atomic mass is 32.2. The number of amides is 2. The van der Waals surface area contributed by atoms with Crippen LogP contribution in [-0.2, 0) is 19.6 Å². The van der Waals surface area contributed by atoms with E-state index >= 15 is 0 Å². The minimum absolute atomic E-state index is 0.0448. The lowest BCUT2D eigenvalue weighted by molar-refractivity contribution is -0.132. The summed E-state index contributed by atoms with van der Waals surface area (Å²) in [7, 11) is -3.66. The summed E-state index contributed by atoms with van der Waals surface area (Å²) in [5.74, 6) is -0.555. The summed E-state index contributed by atoms with van der Waals surface area (Å²) in [5, 5.41) is 2.75. The van der Waals surface area contributed by atoms with E-state index in [9.17, 15) is 18.0 Å². The molecular formula is C16H24N4O4S. The van der Waals surface area contributed by atoms with E-state index in [-0.39, 0.29) is 35.7 Å². The van der Waals surface area contributed by atoms with Crippen molar-refractivity contribution < 1.29 is 18.0 Å². The van der Waals surface area contributed by atoms with Crippen molar-refractivity contribution in [2.45, 2.75) is 24.7 Å². The van der Waals surface area contributed by atoms with E-state index in [2.05, 4.69) is 10.0 Å². The molecular weight excluding hydrogens is 344 g/mol. The lowest BCUT2D eigenvalue weighted by Gasteiger charge is -2.31. The molecule has 1 aliphatic heterocycles. The highest BCUT2D eigenvalue weighted by molar-refractivity contribution is 7.89. The number of hydrogen-bond donors (Lipinski definition) is 3. The third-order valence-electron chi connectivity index (χ3n) is 4.09. The number of carbonyl (C=O) groups is 2. The first-order valence-corrected chi connectivity index (χ1v) is 9.68. The molecule has 1 fully saturated rings. The topological polar surface area (TPSA) is 122 Å². The highest BCUT2D eigenvalue weighted by Crippen LogP contribution is 2.20. The molecule has 1 atom stereocenters. The molecule has 0 bridgehead atoms. The summed E-state index contributed by atoms with van der Waals surface area (Å²) in [6, 6.07) is 6.05. The van der Waals surface area contributed by atoms with Gasteiger partial charge in [0.1, 0.15) is 0 Å². The number of piperidine rings is 1. The van der Waals surface area contributed by atoms with Crippen molar-refractivity contribution in [3.05, 3.63) is 24.3 Å². The number of likely N-dealkylation sites (tertiary alicyclic amines) is 1. The van der Waals surface area contributed by atoms with Crippen molar-refractivity contribution in [3.63, 3.8) is 0 Å². The van der Waals surface area contributed by atoms with Gasteiger partial charge < -0.3 is 16.0 Å². The van der Waals surface area contributed by atoms with Gasteiger partial charge in [-0.05, 0) is 31.0 Å². The number of carbonyl (C=O) groups excluding carboxylic acids is 2. The average Bonchev–Trinajstić information content (AvgIpc) is 2.60. The Morgan fingerprint density at radius 1 is 1.36 bits per heavy atom. The quantitative estimate of drug-likeness (QED) is 0.658. The predicted octanol–water partition coefficient (Wildman–Crippen LogP) is 0.121. The minimum atomic E-state index is -3.66. The molecule has 0 aromatic heterocycles. The highest BCUT2D eigenvalue weighted by Gasteiger charge is 2.27. The Morgan fingerprint density at radius 2 is 2.12 bits per heavy atom. The van der Waals surface area contributed by atoms with Crippen LogP contribution in [0.4, 0.5) is 5.69 Å². The SMILES string of the molecule is CC(=O)N1CCCC(C(=O)Nc2cccc(S(=O)(=O)NCCN)c2)C1. The number of sulfonamides is 1. The van der Waals surface area contributed by atoms with Crippen LogP contribution in [0.5, 0.6) is 0 Å². The monoisotopic (exact) mass is 368 g/mol. The van der Waals surface area contributed by atoms with Gasteiger partial charge in [0.2, 0.25) is 21.8 Å². The maximum Gasteiger partial charge on any atom is 0.240 e. The van der Waals surface area contributed by atoms with E-state index < -0.39 is 10.0 Å². The molecule has 25 heavy (non-hydrogen) atoms. The molecule has 2 amide bonds. The molecule has 2 rings (SSSR count). The Kier molecular flexibility index (Phi) is 6.51. The number of nitrogens with two attached hydrogens (primary N) is 1. The second kappa shape index (κ2) is 8.41. The molecule has 8 nitrogen and oxygen atoms in total. The van der Waals surface area contributed by atoms with Crippen molar-refractivity contribution >= 4 is 27.5 Å². The number of nitrogens with one attached hydrogen (secondary N) is 2. The zero-order valence-corrected chi connectivity index (χ0v) is 15.0. The molecule has 0 spiro atoms. The van der Waals surface area contributed by atoms with Gasteiger partial charge in [-0.25, -0.2) is 13.1 Å². The molecule has 0 radical (unpaired) electrons. The van der Waals surface area contributed by atoms with Crippen molar-refractivity contribution in [2.75, 3.05) is 31.5 Å².